The summed E-state index contributed by atoms with van der Waals surface area (Å²) in [6, 6.07) is 8.30. The van der Waals surface area contributed by atoms with Crippen molar-refractivity contribution in [2.24, 2.45) is 5.92 Å². The molecule has 1 aromatic carbocycles. The van der Waals surface area contributed by atoms with Crippen LogP contribution in [0.25, 0.3) is 0 Å². The van der Waals surface area contributed by atoms with Crippen LogP contribution in [0.3, 0.4) is 0 Å². The smallest absolute Gasteiger partial charge is 0.152 e. The van der Waals surface area contributed by atoms with Crippen molar-refractivity contribution in [1.82, 2.24) is 5.32 Å². The minimum Gasteiger partial charge on any atom is -0.385 e. The maximum Gasteiger partial charge on any atom is 0.152 e. The molecular weight excluding hydrogens is 226 g/mol. The van der Waals surface area contributed by atoms with E-state index < -0.39 is 0 Å². The molecule has 3 heteroatoms. The van der Waals surface area contributed by atoms with Gasteiger partial charge in [-0.25, -0.2) is 0 Å². The molecule has 2 rings (SSSR count). The number of benzene rings is 1. The third-order valence-corrected chi connectivity index (χ3v) is 3.67. The van der Waals surface area contributed by atoms with E-state index in [4.69, 9.17) is 4.74 Å². The number of rotatable bonds is 5. The van der Waals surface area contributed by atoms with Gasteiger partial charge in [-0.05, 0) is 24.0 Å². The van der Waals surface area contributed by atoms with Gasteiger partial charge in [-0.1, -0.05) is 31.2 Å². The van der Waals surface area contributed by atoms with Gasteiger partial charge < -0.3 is 10.1 Å². The Morgan fingerprint density at radius 1 is 1.44 bits per heavy atom. The van der Waals surface area contributed by atoms with Crippen LogP contribution in [-0.2, 0) is 22.5 Å². The number of fused-ring (bicyclic) bond motifs is 1. The molecule has 18 heavy (non-hydrogen) atoms. The van der Waals surface area contributed by atoms with Crippen LogP contribution in [0.4, 0.5) is 0 Å². The number of ketones is 1. The average Bonchev–Trinajstić information content (AvgIpc) is 2.43. The van der Waals surface area contributed by atoms with Gasteiger partial charge in [-0.15, -0.1) is 0 Å². The summed E-state index contributed by atoms with van der Waals surface area (Å²) in [6.45, 7) is 3.43. The van der Waals surface area contributed by atoms with Crippen molar-refractivity contribution in [3.05, 3.63) is 35.4 Å². The maximum atomic E-state index is 12.3. The highest BCUT2D eigenvalue weighted by molar-refractivity contribution is 5.86. The number of carbonyl (C=O) groups is 1. The van der Waals surface area contributed by atoms with Crippen molar-refractivity contribution in [2.45, 2.75) is 32.4 Å². The normalized spacial score (nSPS) is 20.2. The topological polar surface area (TPSA) is 38.3 Å². The summed E-state index contributed by atoms with van der Waals surface area (Å²) in [5.74, 6) is 0.370. The molecule has 0 saturated carbocycles. The van der Waals surface area contributed by atoms with Gasteiger partial charge in [-0.3, -0.25) is 4.79 Å². The summed E-state index contributed by atoms with van der Waals surface area (Å²) < 4.78 is 5.03. The number of carbonyl (C=O) groups excluding carboxylic acids is 1. The van der Waals surface area contributed by atoms with Crippen molar-refractivity contribution < 1.29 is 9.53 Å². The SMILES string of the molecule is COCCC(C)C(=O)C1Cc2ccccc2CN1. The second kappa shape index (κ2) is 6.12. The van der Waals surface area contributed by atoms with Crippen LogP contribution in [0.5, 0.6) is 0 Å². The Morgan fingerprint density at radius 2 is 2.17 bits per heavy atom. The first kappa shape index (κ1) is 13.2. The molecule has 0 spiro atoms. The lowest BCUT2D eigenvalue weighted by atomic mass is 9.88. The molecule has 2 unspecified atom stereocenters. The van der Waals surface area contributed by atoms with Crippen molar-refractivity contribution >= 4 is 5.78 Å². The quantitative estimate of drug-likeness (QED) is 0.864. The Kier molecular flexibility index (Phi) is 4.50. The largest absolute Gasteiger partial charge is 0.385 e. The summed E-state index contributed by atoms with van der Waals surface area (Å²) in [5.41, 5.74) is 2.61. The van der Waals surface area contributed by atoms with Gasteiger partial charge in [0.1, 0.15) is 0 Å². The fraction of sp³-hybridized carbons (Fsp3) is 0.533. The van der Waals surface area contributed by atoms with Gasteiger partial charge in [0.05, 0.1) is 6.04 Å². The van der Waals surface area contributed by atoms with Crippen LogP contribution < -0.4 is 5.32 Å². The molecule has 0 fully saturated rings. The van der Waals surface area contributed by atoms with E-state index in [1.165, 1.54) is 11.1 Å². The third kappa shape index (κ3) is 2.98. The zero-order valence-electron chi connectivity index (χ0n) is 11.1. The van der Waals surface area contributed by atoms with E-state index >= 15 is 0 Å². The maximum absolute atomic E-state index is 12.3. The lowest BCUT2D eigenvalue weighted by molar-refractivity contribution is -0.125. The van der Waals surface area contributed by atoms with Crippen LogP contribution in [0, 0.1) is 5.92 Å². The van der Waals surface area contributed by atoms with Crippen molar-refractivity contribution in [1.29, 1.82) is 0 Å². The molecule has 1 heterocycles. The van der Waals surface area contributed by atoms with E-state index in [0.717, 1.165) is 19.4 Å². The molecule has 98 valence electrons. The Bertz CT molecular complexity index is 417. The summed E-state index contributed by atoms with van der Waals surface area (Å²) in [7, 11) is 1.67. The summed E-state index contributed by atoms with van der Waals surface area (Å²) in [4.78, 5) is 12.3. The third-order valence-electron chi connectivity index (χ3n) is 3.67. The molecule has 3 nitrogen and oxygen atoms in total. The predicted octanol–water partition coefficient (Wildman–Crippen LogP) is 1.94. The van der Waals surface area contributed by atoms with Gasteiger partial charge in [0, 0.05) is 26.2 Å². The number of hydrogen-bond acceptors (Lipinski definition) is 3. The highest BCUT2D eigenvalue weighted by Gasteiger charge is 2.27. The van der Waals surface area contributed by atoms with E-state index in [9.17, 15) is 4.79 Å². The Hall–Kier alpha value is -1.19. The van der Waals surface area contributed by atoms with Crippen molar-refractivity contribution in [2.75, 3.05) is 13.7 Å². The van der Waals surface area contributed by atoms with Crippen molar-refractivity contribution in [3.8, 4) is 0 Å². The first-order valence-electron chi connectivity index (χ1n) is 6.55. The number of ether oxygens (including phenoxy) is 1. The second-order valence-electron chi connectivity index (χ2n) is 4.99. The van der Waals surface area contributed by atoms with Crippen LogP contribution in [0.1, 0.15) is 24.5 Å². The highest BCUT2D eigenvalue weighted by atomic mass is 16.5. The monoisotopic (exact) mass is 247 g/mol. The predicted molar refractivity (Wildman–Crippen MR) is 71.4 cm³/mol. The van der Waals surface area contributed by atoms with E-state index in [1.807, 2.05) is 19.1 Å². The van der Waals surface area contributed by atoms with Crippen LogP contribution >= 0.6 is 0 Å². The molecule has 0 bridgehead atoms. The molecule has 1 N–H and O–H groups in total. The summed E-state index contributed by atoms with van der Waals surface area (Å²) in [5, 5.41) is 3.34. The molecule has 0 radical (unpaired) electrons. The second-order valence-corrected chi connectivity index (χ2v) is 4.99. The Labute approximate surface area is 109 Å². The van der Waals surface area contributed by atoms with Gasteiger partial charge >= 0.3 is 0 Å². The number of nitrogens with one attached hydrogen (secondary N) is 1. The zero-order chi connectivity index (χ0) is 13.0. The molecule has 1 aliphatic heterocycles. The first-order valence-corrected chi connectivity index (χ1v) is 6.55. The zero-order valence-corrected chi connectivity index (χ0v) is 11.1. The first-order chi connectivity index (χ1) is 8.72. The lowest BCUT2D eigenvalue weighted by Gasteiger charge is -2.27. The van der Waals surface area contributed by atoms with Gasteiger partial charge in [0.15, 0.2) is 5.78 Å². The highest BCUT2D eigenvalue weighted by Crippen LogP contribution is 2.19. The van der Waals surface area contributed by atoms with Crippen LogP contribution in [-0.4, -0.2) is 25.5 Å². The Balaban J connectivity index is 1.98. The van der Waals surface area contributed by atoms with Crippen molar-refractivity contribution in [3.63, 3.8) is 0 Å². The molecular formula is C15H21NO2. The molecule has 1 aliphatic rings. The number of Topliss-reactive ketones (excluding diaryl/α,β-unsaturated/α-hetero) is 1. The molecule has 0 saturated heterocycles. The van der Waals surface area contributed by atoms with Crippen LogP contribution in [0.2, 0.25) is 0 Å². The van der Waals surface area contributed by atoms with Gasteiger partial charge in [-0.2, -0.15) is 0 Å². The number of hydrogen-bond donors (Lipinski definition) is 1. The van der Waals surface area contributed by atoms with Gasteiger partial charge in [0.25, 0.3) is 0 Å². The van der Waals surface area contributed by atoms with Gasteiger partial charge in [0.2, 0.25) is 0 Å². The summed E-state index contributed by atoms with van der Waals surface area (Å²) in [6.07, 6.45) is 1.61. The van der Waals surface area contributed by atoms with E-state index in [-0.39, 0.29) is 12.0 Å². The molecule has 0 aromatic heterocycles. The number of methoxy groups -OCH3 is 1. The fourth-order valence-electron chi connectivity index (χ4n) is 2.44. The van der Waals surface area contributed by atoms with Crippen LogP contribution in [0.15, 0.2) is 24.3 Å². The minimum absolute atomic E-state index is 0.0354. The molecule has 2 atom stereocenters. The average molecular weight is 247 g/mol. The van der Waals surface area contributed by atoms with E-state index in [0.29, 0.717) is 12.4 Å². The standard InChI is InChI=1S/C15H21NO2/c1-11(7-8-18-2)15(17)14-9-12-5-3-4-6-13(12)10-16-14/h3-6,11,14,16H,7-10H2,1-2H3. The molecule has 0 aliphatic carbocycles. The Morgan fingerprint density at radius 3 is 2.89 bits per heavy atom. The molecule has 1 aromatic rings. The van der Waals surface area contributed by atoms with E-state index in [1.54, 1.807) is 7.11 Å². The van der Waals surface area contributed by atoms with E-state index in [2.05, 4.69) is 17.4 Å². The summed E-state index contributed by atoms with van der Waals surface area (Å²) >= 11 is 0. The fourth-order valence-corrected chi connectivity index (χ4v) is 2.44. The molecule has 0 amide bonds. The minimum atomic E-state index is -0.0354. The lowest BCUT2D eigenvalue weighted by Crippen LogP contribution is -2.44.